The molecule has 0 spiro atoms. The third-order valence-corrected chi connectivity index (χ3v) is 18.2. The van der Waals surface area contributed by atoms with Crippen LogP contribution < -0.4 is 26.4 Å². The lowest BCUT2D eigenvalue weighted by Crippen LogP contribution is -2.15. The number of carbonyl (C=O) groups is 5. The molecular weight excluding hydrogens is 1510 g/mol. The number of amides is 4. The standard InChI is InChI=1S/C22H17FN4O3.C20H12F4N4O.C19H14FN5O3S.C18H14FN5O2/c1-13-9-14(22(29)30-2)3-8-19(13)26-21(28)18-10-24-12-20-17(18)11-25-27(20)16-6-4-15(23)5-7-16;21-13-3-7-15(8-4-13)28-18-11-25-9-17(16(18)10-26-28)19(29)27-14-5-1-12(2-6-14)20(22,23)24;20-12-4-6-14(7-5-12)25-18-11-22-9-17(16(18)10-23-25)19(26)24-13-2-1-3-15(8-13)29(21,27)28;1-10-17(11(2)26-23-10)22-18(25)15-7-20-9-16-14(15)8-21-24(16)13-5-3-12(19)4-6-13/h3-12H,1-2H3,(H,26,28);1-11H,(H,27,29);1-11H,(H,24,26)(H2,21,27,28);3-9H,1-2H3,(H,22,25). The van der Waals surface area contributed by atoms with E-state index in [1.54, 1.807) is 126 Å². The second-order valence-corrected chi connectivity index (χ2v) is 26.4. The van der Waals surface area contributed by atoms with E-state index in [2.05, 4.69) is 66.8 Å². The highest BCUT2D eigenvalue weighted by atomic mass is 32.2. The Kier molecular flexibility index (Phi) is 22.1. The average molecular weight is 1570 g/mol. The molecule has 9 heterocycles. The lowest BCUT2D eigenvalue weighted by atomic mass is 10.1. The second kappa shape index (κ2) is 32.7. The second-order valence-electron chi connectivity index (χ2n) is 24.8. The number of hydrogen-bond donors (Lipinski definition) is 5. The number of nitrogens with two attached hydrogens (primary N) is 1. The van der Waals surface area contributed by atoms with Crippen LogP contribution in [0.3, 0.4) is 0 Å². The molecule has 0 atom stereocenters. The molecular formula is C79H57F7N18O9S. The maximum Gasteiger partial charge on any atom is 0.416 e. The number of aromatic nitrogens is 13. The van der Waals surface area contributed by atoms with Gasteiger partial charge in [0, 0.05) is 63.4 Å². The first-order valence-electron chi connectivity index (χ1n) is 33.7. The maximum atomic E-state index is 13.2. The van der Waals surface area contributed by atoms with Gasteiger partial charge in [-0.3, -0.25) is 39.1 Å². The molecule has 4 amide bonds. The number of halogens is 7. The van der Waals surface area contributed by atoms with Crippen LogP contribution in [0.4, 0.5) is 53.5 Å². The van der Waals surface area contributed by atoms with Gasteiger partial charge >= 0.3 is 12.1 Å². The van der Waals surface area contributed by atoms with E-state index >= 15 is 0 Å². The number of nitrogens with one attached hydrogen (secondary N) is 4. The number of hydrogen-bond acceptors (Lipinski definition) is 18. The zero-order valence-corrected chi connectivity index (χ0v) is 60.5. The van der Waals surface area contributed by atoms with Crippen molar-refractivity contribution in [2.75, 3.05) is 28.4 Å². The number of anilines is 4. The third kappa shape index (κ3) is 17.0. The summed E-state index contributed by atoms with van der Waals surface area (Å²) in [5, 5.41) is 39.2. The molecule has 16 rings (SSSR count). The number of fused-ring (bicyclic) bond motifs is 4. The maximum absolute atomic E-state index is 13.2. The van der Waals surface area contributed by atoms with Gasteiger partial charge in [0.05, 0.1) is 140 Å². The summed E-state index contributed by atoms with van der Waals surface area (Å²) in [5.74, 6) is -3.09. The molecule has 0 aliphatic carbocycles. The molecule has 0 saturated carbocycles. The van der Waals surface area contributed by atoms with Crippen molar-refractivity contribution >= 4 is 106 Å². The summed E-state index contributed by atoms with van der Waals surface area (Å²) in [4.78, 5) is 79.0. The highest BCUT2D eigenvalue weighted by Gasteiger charge is 2.30. The largest absolute Gasteiger partial charge is 0.465 e. The van der Waals surface area contributed by atoms with Crippen LogP contribution in [0.15, 0.2) is 248 Å². The van der Waals surface area contributed by atoms with Crippen LogP contribution in [0.2, 0.25) is 0 Å². The Morgan fingerprint density at radius 1 is 0.439 bits per heavy atom. The summed E-state index contributed by atoms with van der Waals surface area (Å²) >= 11 is 0. The van der Waals surface area contributed by atoms with Crippen LogP contribution in [-0.2, 0) is 20.9 Å². The molecule has 9 aromatic heterocycles. The summed E-state index contributed by atoms with van der Waals surface area (Å²) in [7, 11) is -2.58. The fourth-order valence-electron chi connectivity index (χ4n) is 11.6. The Morgan fingerprint density at radius 2 is 0.807 bits per heavy atom. The molecule has 0 aliphatic rings. The molecule has 6 N–H and O–H groups in total. The van der Waals surface area contributed by atoms with Gasteiger partial charge in [-0.1, -0.05) is 11.2 Å². The van der Waals surface area contributed by atoms with Gasteiger partial charge in [0.1, 0.15) is 34.7 Å². The number of benzene rings is 7. The van der Waals surface area contributed by atoms with Crippen LogP contribution in [0, 0.1) is 44.0 Å². The normalized spacial score (nSPS) is 11.2. The van der Waals surface area contributed by atoms with Crippen molar-refractivity contribution in [2.24, 2.45) is 5.14 Å². The Bertz CT molecular complexity index is 6440. The molecule has 0 aliphatic heterocycles. The summed E-state index contributed by atoms with van der Waals surface area (Å²) in [5.41, 5.74) is 8.53. The van der Waals surface area contributed by atoms with Crippen molar-refractivity contribution in [1.82, 2.24) is 64.2 Å². The molecule has 0 fully saturated rings. The van der Waals surface area contributed by atoms with Crippen LogP contribution in [-0.4, -0.2) is 109 Å². The highest BCUT2D eigenvalue weighted by Crippen LogP contribution is 2.32. The van der Waals surface area contributed by atoms with E-state index in [4.69, 9.17) is 14.4 Å². The van der Waals surface area contributed by atoms with Crippen LogP contribution in [0.1, 0.15) is 74.4 Å². The van der Waals surface area contributed by atoms with Crippen molar-refractivity contribution in [3.63, 3.8) is 0 Å². The average Bonchev–Trinajstić information content (AvgIpc) is 1.64. The number of rotatable bonds is 14. The fourth-order valence-corrected chi connectivity index (χ4v) is 12.2. The quantitative estimate of drug-likeness (QED) is 0.0499. The lowest BCUT2D eigenvalue weighted by molar-refractivity contribution is -0.137. The van der Waals surface area contributed by atoms with E-state index in [0.29, 0.717) is 111 Å². The SMILES string of the molecule is COC(=O)c1ccc(NC(=O)c2cncc3c2cnn3-c2ccc(F)cc2)c(C)c1.Cc1noc(C)c1NC(=O)c1cncc2c1cnn2-c1ccc(F)cc1.NS(=O)(=O)c1cccc(NC(=O)c2cncc3c2cnn3-c2ccc(F)cc2)c1.O=C(Nc1ccc(C(F)(F)F)cc1)c1cncc2c1cnn2-c1ccc(F)cc1. The van der Waals surface area contributed by atoms with Gasteiger partial charge in [-0.25, -0.2) is 54.6 Å². The van der Waals surface area contributed by atoms with Crippen LogP contribution in [0.5, 0.6) is 0 Å². The number of methoxy groups -OCH3 is 1. The van der Waals surface area contributed by atoms with Crippen LogP contribution in [0.25, 0.3) is 66.4 Å². The Hall–Kier alpha value is -15.0. The number of alkyl halides is 3. The predicted molar refractivity (Wildman–Crippen MR) is 405 cm³/mol. The number of pyridine rings is 4. The number of aryl methyl sites for hydroxylation is 3. The first-order valence-corrected chi connectivity index (χ1v) is 35.2. The highest BCUT2D eigenvalue weighted by molar-refractivity contribution is 7.89. The molecule has 16 aromatic rings. The van der Waals surface area contributed by atoms with Gasteiger partial charge in [0.15, 0.2) is 5.76 Å². The fraction of sp³-hybridized carbons (Fsp3) is 0.0633. The van der Waals surface area contributed by atoms with E-state index in [1.807, 2.05) is 0 Å². The number of nitrogens with zero attached hydrogens (tertiary/aromatic N) is 13. The van der Waals surface area contributed by atoms with Gasteiger partial charge in [0.2, 0.25) is 10.0 Å². The topological polar surface area (TPSA) is 352 Å². The monoisotopic (exact) mass is 1570 g/mol. The molecule has 7 aromatic carbocycles. The van der Waals surface area contributed by atoms with Crippen molar-refractivity contribution in [3.05, 3.63) is 312 Å². The van der Waals surface area contributed by atoms with Crippen molar-refractivity contribution < 1.29 is 72.4 Å². The van der Waals surface area contributed by atoms with E-state index in [1.165, 1.54) is 146 Å². The minimum Gasteiger partial charge on any atom is -0.465 e. The summed E-state index contributed by atoms with van der Waals surface area (Å²) < 4.78 is 130. The summed E-state index contributed by atoms with van der Waals surface area (Å²) in [6.07, 6.45) is 13.6. The number of sulfonamides is 1. The van der Waals surface area contributed by atoms with Gasteiger partial charge in [-0.15, -0.1) is 0 Å². The molecule has 0 unspecified atom stereocenters. The van der Waals surface area contributed by atoms with E-state index in [0.717, 1.165) is 12.1 Å². The molecule has 114 heavy (non-hydrogen) atoms. The molecule has 0 bridgehead atoms. The van der Waals surface area contributed by atoms with Gasteiger partial charge in [0.25, 0.3) is 23.6 Å². The summed E-state index contributed by atoms with van der Waals surface area (Å²) in [6, 6.07) is 37.8. The lowest BCUT2D eigenvalue weighted by Gasteiger charge is -2.10. The minimum atomic E-state index is -4.45. The first kappa shape index (κ1) is 77.2. The molecule has 572 valence electrons. The molecule has 27 nitrogen and oxygen atoms in total. The van der Waals surface area contributed by atoms with Gasteiger partial charge in [-0.05, 0) is 184 Å². The smallest absolute Gasteiger partial charge is 0.416 e. The molecule has 35 heteroatoms. The Labute approximate surface area is 639 Å². The van der Waals surface area contributed by atoms with E-state index in [9.17, 15) is 63.1 Å². The van der Waals surface area contributed by atoms with Crippen molar-refractivity contribution in [1.29, 1.82) is 0 Å². The third-order valence-electron chi connectivity index (χ3n) is 17.3. The zero-order chi connectivity index (χ0) is 80.7. The van der Waals surface area contributed by atoms with Gasteiger partial charge < -0.3 is 30.5 Å². The minimum absolute atomic E-state index is 0.115. The van der Waals surface area contributed by atoms with E-state index < -0.39 is 39.5 Å². The number of esters is 1. The molecule has 0 radical (unpaired) electrons. The number of primary sulfonamides is 1. The number of ether oxygens (including phenoxy) is 1. The van der Waals surface area contributed by atoms with E-state index in [-0.39, 0.29) is 62.5 Å². The zero-order valence-electron chi connectivity index (χ0n) is 59.6. The first-order chi connectivity index (χ1) is 54.7. The molecule has 0 saturated heterocycles. The Balaban J connectivity index is 0.000000133. The Morgan fingerprint density at radius 3 is 1.15 bits per heavy atom. The van der Waals surface area contributed by atoms with Crippen molar-refractivity contribution in [2.45, 2.75) is 31.8 Å². The van der Waals surface area contributed by atoms with Crippen LogP contribution >= 0.6 is 0 Å². The van der Waals surface area contributed by atoms with Gasteiger partial charge in [-0.2, -0.15) is 33.6 Å². The number of carbonyl (C=O) groups excluding carboxylic acids is 5. The van der Waals surface area contributed by atoms with Crippen molar-refractivity contribution in [3.8, 4) is 22.7 Å². The summed E-state index contributed by atoms with van der Waals surface area (Å²) in [6.45, 7) is 5.26. The predicted octanol–water partition coefficient (Wildman–Crippen LogP) is 14.6.